The third kappa shape index (κ3) is 4.04. The molecule has 1 rings (SSSR count). The highest BCUT2D eigenvalue weighted by Gasteiger charge is 2.13. The van der Waals surface area contributed by atoms with Crippen molar-refractivity contribution in [3.63, 3.8) is 0 Å². The zero-order valence-electron chi connectivity index (χ0n) is 12.4. The van der Waals surface area contributed by atoms with Gasteiger partial charge in [0.25, 0.3) is 0 Å². The highest BCUT2D eigenvalue weighted by molar-refractivity contribution is 6.34. The number of hydrogen-bond acceptors (Lipinski definition) is 3. The Balaban J connectivity index is 2.97. The van der Waals surface area contributed by atoms with Gasteiger partial charge in [0.1, 0.15) is 0 Å². The number of anilines is 1. The maximum atomic E-state index is 8.71. The lowest BCUT2D eigenvalue weighted by Gasteiger charge is -2.27. The van der Waals surface area contributed by atoms with Crippen molar-refractivity contribution < 1.29 is 5.21 Å². The first-order valence-electron chi connectivity index (χ1n) is 7.09. The largest absolute Gasteiger partial charge is 0.409 e. The third-order valence-electron chi connectivity index (χ3n) is 3.72. The molecule has 1 aromatic carbocycles. The monoisotopic (exact) mass is 297 g/mol. The van der Waals surface area contributed by atoms with Gasteiger partial charge in [-0.15, -0.1) is 0 Å². The van der Waals surface area contributed by atoms with Crippen LogP contribution in [0, 0.1) is 5.92 Å². The van der Waals surface area contributed by atoms with Gasteiger partial charge in [-0.05, 0) is 31.0 Å². The summed E-state index contributed by atoms with van der Waals surface area (Å²) in [5, 5.41) is 12.2. The molecule has 112 valence electrons. The van der Waals surface area contributed by atoms with Crippen molar-refractivity contribution >= 4 is 23.1 Å². The van der Waals surface area contributed by atoms with Gasteiger partial charge in [-0.25, -0.2) is 0 Å². The summed E-state index contributed by atoms with van der Waals surface area (Å²) in [6.07, 6.45) is 2.34. The molecule has 0 aliphatic carbocycles. The van der Waals surface area contributed by atoms with E-state index in [-0.39, 0.29) is 5.84 Å². The quantitative estimate of drug-likeness (QED) is 0.349. The van der Waals surface area contributed by atoms with Gasteiger partial charge >= 0.3 is 0 Å². The molecule has 0 heterocycles. The predicted octanol–water partition coefficient (Wildman–Crippen LogP) is 3.70. The van der Waals surface area contributed by atoms with Crippen LogP contribution >= 0.6 is 11.6 Å². The van der Waals surface area contributed by atoms with Crippen LogP contribution in [-0.4, -0.2) is 24.1 Å². The summed E-state index contributed by atoms with van der Waals surface area (Å²) < 4.78 is 0. The minimum Gasteiger partial charge on any atom is -0.409 e. The number of amidine groups is 1. The first-order chi connectivity index (χ1) is 9.57. The minimum atomic E-state index is 0.0320. The molecule has 1 aromatic rings. The number of halogens is 1. The molecule has 4 nitrogen and oxygen atoms in total. The van der Waals surface area contributed by atoms with Crippen molar-refractivity contribution in [2.75, 3.05) is 18.0 Å². The zero-order valence-corrected chi connectivity index (χ0v) is 13.2. The molecule has 3 N–H and O–H groups in total. The van der Waals surface area contributed by atoms with E-state index in [0.29, 0.717) is 16.5 Å². The SMILES string of the molecule is CCC(CC)CN(CC)c1ccc(C(N)=NO)c(Cl)c1. The molecule has 0 bridgehead atoms. The molecule has 0 spiro atoms. The number of oxime groups is 1. The molecule has 0 aliphatic heterocycles. The van der Waals surface area contributed by atoms with Crippen LogP contribution in [0.15, 0.2) is 23.4 Å². The van der Waals surface area contributed by atoms with Crippen molar-refractivity contribution in [1.29, 1.82) is 0 Å². The number of benzene rings is 1. The Labute approximate surface area is 126 Å². The number of nitrogens with two attached hydrogens (primary N) is 1. The molecule has 5 heteroatoms. The molecule has 0 atom stereocenters. The van der Waals surface area contributed by atoms with Crippen molar-refractivity contribution in [1.82, 2.24) is 0 Å². The smallest absolute Gasteiger partial charge is 0.171 e. The van der Waals surface area contributed by atoms with Crippen LogP contribution in [0.3, 0.4) is 0 Å². The first kappa shape index (κ1) is 16.6. The standard InChI is InChI=1S/C15H24ClN3O/c1-4-11(5-2)10-19(6-3)12-7-8-13(14(16)9-12)15(17)18-20/h7-9,11,20H,4-6,10H2,1-3H3,(H2,17,18). The summed E-state index contributed by atoms with van der Waals surface area (Å²) in [4.78, 5) is 2.31. The van der Waals surface area contributed by atoms with Crippen LogP contribution in [0.4, 0.5) is 5.69 Å². The normalized spacial score (nSPS) is 11.9. The lowest BCUT2D eigenvalue weighted by atomic mass is 10.0. The molecule has 0 aliphatic rings. The van der Waals surface area contributed by atoms with E-state index in [2.05, 4.69) is 30.8 Å². The second kappa shape index (κ2) is 8.00. The van der Waals surface area contributed by atoms with E-state index in [9.17, 15) is 0 Å². The van der Waals surface area contributed by atoms with E-state index in [1.807, 2.05) is 12.1 Å². The summed E-state index contributed by atoms with van der Waals surface area (Å²) >= 11 is 6.21. The summed E-state index contributed by atoms with van der Waals surface area (Å²) in [5.74, 6) is 0.710. The van der Waals surface area contributed by atoms with E-state index in [1.54, 1.807) is 6.07 Å². The van der Waals surface area contributed by atoms with Crippen molar-refractivity contribution in [2.45, 2.75) is 33.6 Å². The lowest BCUT2D eigenvalue weighted by molar-refractivity contribution is 0.318. The Hall–Kier alpha value is -1.42. The van der Waals surface area contributed by atoms with E-state index in [4.69, 9.17) is 22.5 Å². The Morgan fingerprint density at radius 2 is 2.00 bits per heavy atom. The molecular formula is C15H24ClN3O. The molecule has 0 radical (unpaired) electrons. The zero-order chi connectivity index (χ0) is 15.1. The Morgan fingerprint density at radius 3 is 2.45 bits per heavy atom. The Kier molecular flexibility index (Phi) is 6.65. The average molecular weight is 298 g/mol. The van der Waals surface area contributed by atoms with Gasteiger partial charge in [0.15, 0.2) is 5.84 Å². The fraction of sp³-hybridized carbons (Fsp3) is 0.533. The van der Waals surface area contributed by atoms with E-state index in [1.165, 1.54) is 12.8 Å². The number of nitrogens with zero attached hydrogens (tertiary/aromatic N) is 2. The topological polar surface area (TPSA) is 61.8 Å². The van der Waals surface area contributed by atoms with Crippen molar-refractivity contribution in [2.24, 2.45) is 16.8 Å². The van der Waals surface area contributed by atoms with Gasteiger partial charge < -0.3 is 15.8 Å². The maximum Gasteiger partial charge on any atom is 0.171 e. The molecule has 0 aromatic heterocycles. The van der Waals surface area contributed by atoms with Crippen LogP contribution in [0.2, 0.25) is 5.02 Å². The first-order valence-corrected chi connectivity index (χ1v) is 7.47. The third-order valence-corrected chi connectivity index (χ3v) is 4.03. The van der Waals surface area contributed by atoms with Crippen LogP contribution < -0.4 is 10.6 Å². The second-order valence-electron chi connectivity index (χ2n) is 4.87. The van der Waals surface area contributed by atoms with Gasteiger partial charge in [-0.1, -0.05) is 43.4 Å². The summed E-state index contributed by atoms with van der Waals surface area (Å²) in [7, 11) is 0. The lowest BCUT2D eigenvalue weighted by Crippen LogP contribution is -2.29. The van der Waals surface area contributed by atoms with Crippen LogP contribution in [0.25, 0.3) is 0 Å². The highest BCUT2D eigenvalue weighted by atomic mass is 35.5. The Morgan fingerprint density at radius 1 is 1.35 bits per heavy atom. The summed E-state index contributed by atoms with van der Waals surface area (Å²) in [6, 6.07) is 5.63. The fourth-order valence-electron chi connectivity index (χ4n) is 2.24. The molecule has 0 fully saturated rings. The predicted molar refractivity (Wildman–Crippen MR) is 85.9 cm³/mol. The highest BCUT2D eigenvalue weighted by Crippen LogP contribution is 2.25. The molecule has 0 unspecified atom stereocenters. The fourth-order valence-corrected chi connectivity index (χ4v) is 2.51. The van der Waals surface area contributed by atoms with Crippen LogP contribution in [0.1, 0.15) is 39.2 Å². The summed E-state index contributed by atoms with van der Waals surface area (Å²) in [6.45, 7) is 8.51. The van der Waals surface area contributed by atoms with Gasteiger partial charge in [0.05, 0.1) is 5.02 Å². The molecule has 0 amide bonds. The molecule has 20 heavy (non-hydrogen) atoms. The van der Waals surface area contributed by atoms with Gasteiger partial charge in [0, 0.05) is 24.3 Å². The van der Waals surface area contributed by atoms with Crippen LogP contribution in [-0.2, 0) is 0 Å². The van der Waals surface area contributed by atoms with E-state index in [0.717, 1.165) is 18.8 Å². The van der Waals surface area contributed by atoms with Crippen LogP contribution in [0.5, 0.6) is 0 Å². The average Bonchev–Trinajstić information content (AvgIpc) is 2.47. The van der Waals surface area contributed by atoms with Gasteiger partial charge in [-0.3, -0.25) is 0 Å². The molecular weight excluding hydrogens is 274 g/mol. The summed E-state index contributed by atoms with van der Waals surface area (Å²) in [5.41, 5.74) is 7.20. The second-order valence-corrected chi connectivity index (χ2v) is 5.28. The number of hydrogen-bond donors (Lipinski definition) is 2. The van der Waals surface area contributed by atoms with Gasteiger partial charge in [0.2, 0.25) is 0 Å². The molecule has 0 saturated heterocycles. The minimum absolute atomic E-state index is 0.0320. The number of rotatable bonds is 7. The maximum absolute atomic E-state index is 8.71. The van der Waals surface area contributed by atoms with Gasteiger partial charge in [-0.2, -0.15) is 0 Å². The van der Waals surface area contributed by atoms with Crippen molar-refractivity contribution in [3.8, 4) is 0 Å². The van der Waals surface area contributed by atoms with E-state index >= 15 is 0 Å². The Bertz CT molecular complexity index is 458. The molecule has 0 saturated carbocycles. The van der Waals surface area contributed by atoms with E-state index < -0.39 is 0 Å². The van der Waals surface area contributed by atoms with Crippen molar-refractivity contribution in [3.05, 3.63) is 28.8 Å².